The summed E-state index contributed by atoms with van der Waals surface area (Å²) in [4.78, 5) is 21.5. The van der Waals surface area contributed by atoms with Crippen LogP contribution in [0.15, 0.2) is 54.6 Å². The lowest BCUT2D eigenvalue weighted by molar-refractivity contribution is -0.116. The number of nitrogens with one attached hydrogen (secondary N) is 1. The molecule has 1 saturated heterocycles. The molecular formula is C27H32N4O2. The smallest absolute Gasteiger partial charge is 0.224 e. The highest BCUT2D eigenvalue weighted by molar-refractivity contribution is 5.92. The van der Waals surface area contributed by atoms with Crippen LogP contribution < -0.4 is 10.1 Å². The highest BCUT2D eigenvalue weighted by Crippen LogP contribution is 2.26. The van der Waals surface area contributed by atoms with Gasteiger partial charge in [-0.1, -0.05) is 24.3 Å². The molecule has 33 heavy (non-hydrogen) atoms. The van der Waals surface area contributed by atoms with Crippen LogP contribution in [-0.2, 0) is 17.8 Å². The van der Waals surface area contributed by atoms with Crippen molar-refractivity contribution in [1.29, 1.82) is 0 Å². The van der Waals surface area contributed by atoms with Crippen molar-refractivity contribution < 1.29 is 9.53 Å². The Bertz CT molecular complexity index is 1110. The fraction of sp³-hybridized carbons (Fsp3) is 0.407. The minimum Gasteiger partial charge on any atom is -0.494 e. The number of anilines is 1. The second-order valence-corrected chi connectivity index (χ2v) is 9.04. The van der Waals surface area contributed by atoms with E-state index < -0.39 is 0 Å². The van der Waals surface area contributed by atoms with Gasteiger partial charge in [0.15, 0.2) is 0 Å². The van der Waals surface area contributed by atoms with Crippen molar-refractivity contribution in [2.24, 2.45) is 0 Å². The van der Waals surface area contributed by atoms with Crippen LogP contribution in [0, 0.1) is 0 Å². The molecule has 1 fully saturated rings. The molecule has 0 atom stereocenters. The highest BCUT2D eigenvalue weighted by Gasteiger charge is 2.17. The van der Waals surface area contributed by atoms with Gasteiger partial charge in [-0.15, -0.1) is 0 Å². The largest absolute Gasteiger partial charge is 0.494 e. The van der Waals surface area contributed by atoms with Crippen LogP contribution in [0.25, 0.3) is 10.9 Å². The first-order valence-electron chi connectivity index (χ1n) is 12.1. The second-order valence-electron chi connectivity index (χ2n) is 9.04. The number of ether oxygens (including phenoxy) is 1. The van der Waals surface area contributed by atoms with Crippen molar-refractivity contribution in [3.05, 3.63) is 65.9 Å². The number of carbonyl (C=O) groups is 1. The van der Waals surface area contributed by atoms with Gasteiger partial charge in [0.25, 0.3) is 0 Å². The Morgan fingerprint density at radius 1 is 0.939 bits per heavy atom. The number of hydrogen-bond acceptors (Lipinski definition) is 5. The lowest BCUT2D eigenvalue weighted by Gasteiger charge is -2.34. The zero-order valence-electron chi connectivity index (χ0n) is 19.1. The van der Waals surface area contributed by atoms with Crippen LogP contribution in [0.3, 0.4) is 0 Å². The highest BCUT2D eigenvalue weighted by atomic mass is 16.5. The number of aryl methyl sites for hydroxylation is 1. The third kappa shape index (κ3) is 5.70. The van der Waals surface area contributed by atoms with E-state index in [1.165, 1.54) is 10.9 Å². The lowest BCUT2D eigenvalue weighted by atomic mass is 10.1. The molecule has 3 aromatic rings. The van der Waals surface area contributed by atoms with Gasteiger partial charge >= 0.3 is 0 Å². The maximum Gasteiger partial charge on any atom is 0.224 e. The first-order valence-corrected chi connectivity index (χ1v) is 12.1. The molecule has 0 radical (unpaired) electrons. The summed E-state index contributed by atoms with van der Waals surface area (Å²) >= 11 is 0. The van der Waals surface area contributed by atoms with Gasteiger partial charge in [-0.05, 0) is 55.2 Å². The number of fused-ring (bicyclic) bond motifs is 2. The van der Waals surface area contributed by atoms with E-state index in [0.29, 0.717) is 13.0 Å². The normalized spacial score (nSPS) is 17.4. The van der Waals surface area contributed by atoms with Gasteiger partial charge in [-0.3, -0.25) is 14.7 Å². The molecule has 1 aromatic heterocycles. The van der Waals surface area contributed by atoms with Crippen molar-refractivity contribution in [1.82, 2.24) is 14.8 Å². The van der Waals surface area contributed by atoms with Gasteiger partial charge < -0.3 is 15.0 Å². The quantitative estimate of drug-likeness (QED) is 0.556. The number of rotatable bonds is 7. The maximum atomic E-state index is 11.7. The summed E-state index contributed by atoms with van der Waals surface area (Å²) in [7, 11) is 0. The number of piperazine rings is 1. The van der Waals surface area contributed by atoms with Crippen LogP contribution in [0.1, 0.15) is 30.5 Å². The van der Waals surface area contributed by atoms with Crippen molar-refractivity contribution >= 4 is 22.5 Å². The zero-order valence-corrected chi connectivity index (χ0v) is 19.1. The van der Waals surface area contributed by atoms with Gasteiger partial charge in [0.05, 0.1) is 17.8 Å². The van der Waals surface area contributed by atoms with E-state index in [1.54, 1.807) is 0 Å². The predicted molar refractivity (Wildman–Crippen MR) is 132 cm³/mol. The summed E-state index contributed by atoms with van der Waals surface area (Å²) in [5.41, 5.74) is 4.33. The van der Waals surface area contributed by atoms with E-state index in [-0.39, 0.29) is 5.91 Å². The summed E-state index contributed by atoms with van der Waals surface area (Å²) in [6, 6.07) is 18.7. The summed E-state index contributed by atoms with van der Waals surface area (Å²) in [5.74, 6) is 1.01. The molecule has 172 valence electrons. The van der Waals surface area contributed by atoms with Gasteiger partial charge in [0.2, 0.25) is 5.91 Å². The minimum atomic E-state index is 0.107. The summed E-state index contributed by atoms with van der Waals surface area (Å²) in [6.07, 6.45) is 3.42. The summed E-state index contributed by atoms with van der Waals surface area (Å²) in [6.45, 7) is 7.02. The van der Waals surface area contributed by atoms with E-state index in [9.17, 15) is 4.79 Å². The van der Waals surface area contributed by atoms with Gasteiger partial charge in [-0.2, -0.15) is 0 Å². The SMILES string of the molecule is O=C1CCCc2cc(OCCCN3CCN(Cc4ccc5ccccc5n4)CC3)ccc2N1. The Morgan fingerprint density at radius 3 is 2.70 bits per heavy atom. The number of amides is 1. The Morgan fingerprint density at radius 2 is 1.79 bits per heavy atom. The molecule has 0 spiro atoms. The number of benzene rings is 2. The molecular weight excluding hydrogens is 412 g/mol. The minimum absolute atomic E-state index is 0.107. The van der Waals surface area contributed by atoms with Gasteiger partial charge in [-0.25, -0.2) is 0 Å². The molecule has 5 rings (SSSR count). The van der Waals surface area contributed by atoms with E-state index in [2.05, 4.69) is 51.5 Å². The number of nitrogens with zero attached hydrogens (tertiary/aromatic N) is 3. The van der Waals surface area contributed by atoms with Crippen LogP contribution >= 0.6 is 0 Å². The monoisotopic (exact) mass is 444 g/mol. The third-order valence-corrected chi connectivity index (χ3v) is 6.59. The van der Waals surface area contributed by atoms with Crippen LogP contribution in [0.5, 0.6) is 5.75 Å². The van der Waals surface area contributed by atoms with Crippen LogP contribution in [-0.4, -0.2) is 60.0 Å². The average Bonchev–Trinajstić information content (AvgIpc) is 3.03. The lowest BCUT2D eigenvalue weighted by Crippen LogP contribution is -2.46. The van der Waals surface area contributed by atoms with E-state index in [0.717, 1.165) is 81.2 Å². The fourth-order valence-corrected chi connectivity index (χ4v) is 4.72. The molecule has 2 aliphatic heterocycles. The molecule has 3 heterocycles. The average molecular weight is 445 g/mol. The maximum absolute atomic E-state index is 11.7. The Labute approximate surface area is 195 Å². The van der Waals surface area contributed by atoms with Crippen LogP contribution in [0.4, 0.5) is 5.69 Å². The Hall–Kier alpha value is -2.96. The van der Waals surface area contributed by atoms with Crippen molar-refractivity contribution in [3.63, 3.8) is 0 Å². The number of aromatic nitrogens is 1. The summed E-state index contributed by atoms with van der Waals surface area (Å²) in [5, 5.41) is 4.18. The van der Waals surface area contributed by atoms with Crippen molar-refractivity contribution in [2.75, 3.05) is 44.6 Å². The Kier molecular flexibility index (Phi) is 6.84. The molecule has 1 amide bonds. The standard InChI is InChI=1S/C27H32N4O2/c32-27-8-3-6-22-19-24(11-12-26(22)29-27)33-18-4-13-30-14-16-31(17-15-30)20-23-10-9-21-5-1-2-7-25(21)28-23/h1-2,5,7,9-12,19H,3-4,6,8,13-18,20H2,(H,29,32). The third-order valence-electron chi connectivity index (χ3n) is 6.59. The molecule has 0 unspecified atom stereocenters. The topological polar surface area (TPSA) is 57.7 Å². The number of hydrogen-bond donors (Lipinski definition) is 1. The van der Waals surface area contributed by atoms with E-state index >= 15 is 0 Å². The molecule has 2 aliphatic rings. The molecule has 0 aliphatic carbocycles. The number of para-hydroxylation sites is 1. The predicted octanol–water partition coefficient (Wildman–Crippen LogP) is 4.10. The van der Waals surface area contributed by atoms with E-state index in [4.69, 9.17) is 9.72 Å². The fourth-order valence-electron chi connectivity index (χ4n) is 4.72. The van der Waals surface area contributed by atoms with Crippen molar-refractivity contribution in [3.8, 4) is 5.75 Å². The molecule has 1 N–H and O–H groups in total. The molecule has 6 heteroatoms. The number of pyridine rings is 1. The first kappa shape index (κ1) is 21.9. The van der Waals surface area contributed by atoms with E-state index in [1.807, 2.05) is 18.2 Å². The Balaban J connectivity index is 1.03. The van der Waals surface area contributed by atoms with Crippen molar-refractivity contribution in [2.45, 2.75) is 32.2 Å². The summed E-state index contributed by atoms with van der Waals surface area (Å²) < 4.78 is 6.01. The van der Waals surface area contributed by atoms with Gasteiger partial charge in [0, 0.05) is 56.8 Å². The molecule has 6 nitrogen and oxygen atoms in total. The molecule has 2 aromatic carbocycles. The number of carbonyl (C=O) groups excluding carboxylic acids is 1. The van der Waals surface area contributed by atoms with Crippen LogP contribution in [0.2, 0.25) is 0 Å². The second kappa shape index (κ2) is 10.3. The molecule has 0 saturated carbocycles. The first-order chi connectivity index (χ1) is 16.2. The zero-order chi connectivity index (χ0) is 22.5. The molecule has 0 bridgehead atoms. The van der Waals surface area contributed by atoms with Gasteiger partial charge in [0.1, 0.15) is 5.75 Å².